The van der Waals surface area contributed by atoms with Crippen molar-refractivity contribution in [2.45, 2.75) is 31.3 Å². The van der Waals surface area contributed by atoms with E-state index in [-0.39, 0.29) is 30.2 Å². The zero-order chi connectivity index (χ0) is 19.1. The molecule has 0 spiro atoms. The van der Waals surface area contributed by atoms with E-state index >= 15 is 0 Å². The summed E-state index contributed by atoms with van der Waals surface area (Å²) in [4.78, 5) is 4.39. The second kappa shape index (κ2) is 12.1. The molecule has 0 bridgehead atoms. The summed E-state index contributed by atoms with van der Waals surface area (Å²) < 4.78 is 6.07. The van der Waals surface area contributed by atoms with E-state index in [0.29, 0.717) is 6.61 Å². The molecule has 0 aliphatic carbocycles. The summed E-state index contributed by atoms with van der Waals surface area (Å²) >= 11 is 0. The molecule has 3 nitrogen and oxygen atoms in total. The number of nitrogens with zero attached hydrogens (tertiary/aromatic N) is 1. The van der Waals surface area contributed by atoms with Crippen molar-refractivity contribution in [2.75, 3.05) is 19.7 Å². The minimum absolute atomic E-state index is 0. The average molecular weight is 445 g/mol. The molecule has 1 N–H and O–H groups in total. The number of hydrogen-bond donors (Lipinski definition) is 1. The van der Waals surface area contributed by atoms with Gasteiger partial charge in [0.25, 0.3) is 0 Å². The van der Waals surface area contributed by atoms with Gasteiger partial charge in [0, 0.05) is 30.3 Å². The average Bonchev–Trinajstić information content (AvgIpc) is 2.77. The molecule has 0 saturated heterocycles. The molecule has 1 aromatic heterocycles. The summed E-state index contributed by atoms with van der Waals surface area (Å²) in [5.41, 5.74) is 5.20. The van der Waals surface area contributed by atoms with Gasteiger partial charge in [0.2, 0.25) is 0 Å². The molecule has 0 radical (unpaired) electrons. The van der Waals surface area contributed by atoms with Crippen LogP contribution in [-0.2, 0) is 23.2 Å². The van der Waals surface area contributed by atoms with Crippen molar-refractivity contribution in [3.63, 3.8) is 0 Å². The van der Waals surface area contributed by atoms with E-state index in [1.165, 1.54) is 16.7 Å². The number of fused-ring (bicyclic) bond motifs is 1. The van der Waals surface area contributed by atoms with E-state index in [0.717, 1.165) is 44.7 Å². The fourth-order valence-electron chi connectivity index (χ4n) is 4.28. The second-order valence-corrected chi connectivity index (χ2v) is 7.52. The number of pyridine rings is 1. The highest BCUT2D eigenvalue weighted by molar-refractivity contribution is 5.85. The van der Waals surface area contributed by atoms with Crippen molar-refractivity contribution >= 4 is 24.8 Å². The summed E-state index contributed by atoms with van der Waals surface area (Å²) in [6.07, 6.45) is 5.01. The van der Waals surface area contributed by atoms with E-state index in [2.05, 4.69) is 71.0 Å². The van der Waals surface area contributed by atoms with E-state index in [1.54, 1.807) is 0 Å². The fraction of sp³-hybridized carbons (Fsp3) is 0.320. The van der Waals surface area contributed by atoms with Gasteiger partial charge in [-0.1, -0.05) is 60.7 Å². The van der Waals surface area contributed by atoms with Crippen LogP contribution >= 0.6 is 24.8 Å². The Bertz CT molecular complexity index is 877. The minimum Gasteiger partial charge on any atom is -0.375 e. The van der Waals surface area contributed by atoms with Crippen LogP contribution in [0, 0.1) is 0 Å². The standard InChI is InChI=1S/C25H28N2O.2ClH/c1-2-10-22(11-3-1)25(20-28-19-21-9-4-5-13-24(21)25)15-8-16-26-18-14-23-12-6-7-17-27-23;;/h1-7,9-13,17,26H,8,14-16,18-20H2;2*1H. The number of nitrogens with one attached hydrogen (secondary N) is 1. The van der Waals surface area contributed by atoms with Crippen LogP contribution in [0.1, 0.15) is 35.2 Å². The number of ether oxygens (including phenoxy) is 1. The molecular weight excluding hydrogens is 415 g/mol. The first-order chi connectivity index (χ1) is 13.9. The number of benzene rings is 2. The molecule has 1 aliphatic heterocycles. The molecule has 0 amide bonds. The Balaban J connectivity index is 0.00000160. The van der Waals surface area contributed by atoms with Gasteiger partial charge in [-0.25, -0.2) is 0 Å². The van der Waals surface area contributed by atoms with Crippen molar-refractivity contribution in [3.8, 4) is 0 Å². The lowest BCUT2D eigenvalue weighted by Crippen LogP contribution is -2.38. The van der Waals surface area contributed by atoms with Gasteiger partial charge >= 0.3 is 0 Å². The molecule has 1 aliphatic rings. The number of halogens is 2. The topological polar surface area (TPSA) is 34.2 Å². The van der Waals surface area contributed by atoms with E-state index in [9.17, 15) is 0 Å². The highest BCUT2D eigenvalue weighted by atomic mass is 35.5. The van der Waals surface area contributed by atoms with Gasteiger partial charge in [-0.15, -0.1) is 24.8 Å². The smallest absolute Gasteiger partial charge is 0.0720 e. The summed E-state index contributed by atoms with van der Waals surface area (Å²) in [5, 5.41) is 3.59. The van der Waals surface area contributed by atoms with Crippen LogP contribution in [0.15, 0.2) is 79.0 Å². The fourth-order valence-corrected chi connectivity index (χ4v) is 4.28. The van der Waals surface area contributed by atoms with Gasteiger partial charge in [0.1, 0.15) is 0 Å². The molecule has 0 fully saturated rings. The third-order valence-corrected chi connectivity index (χ3v) is 5.71. The molecule has 30 heavy (non-hydrogen) atoms. The molecule has 0 saturated carbocycles. The van der Waals surface area contributed by atoms with Crippen LogP contribution in [0.3, 0.4) is 0 Å². The first-order valence-corrected chi connectivity index (χ1v) is 10.2. The summed E-state index contributed by atoms with van der Waals surface area (Å²) in [6, 6.07) is 25.7. The van der Waals surface area contributed by atoms with E-state index in [1.807, 2.05) is 18.3 Å². The number of rotatable bonds is 8. The van der Waals surface area contributed by atoms with Crippen LogP contribution in [0.5, 0.6) is 0 Å². The quantitative estimate of drug-likeness (QED) is 0.475. The van der Waals surface area contributed by atoms with Gasteiger partial charge in [-0.05, 0) is 48.2 Å². The molecule has 3 aromatic rings. The lowest BCUT2D eigenvalue weighted by molar-refractivity contribution is 0.0613. The van der Waals surface area contributed by atoms with Crippen molar-refractivity contribution in [1.82, 2.24) is 10.3 Å². The third-order valence-electron chi connectivity index (χ3n) is 5.71. The Morgan fingerprint density at radius 3 is 2.43 bits per heavy atom. The van der Waals surface area contributed by atoms with Gasteiger partial charge < -0.3 is 10.1 Å². The monoisotopic (exact) mass is 444 g/mol. The predicted molar refractivity (Wildman–Crippen MR) is 128 cm³/mol. The van der Waals surface area contributed by atoms with Crippen molar-refractivity contribution in [2.24, 2.45) is 0 Å². The number of hydrogen-bond acceptors (Lipinski definition) is 3. The Morgan fingerprint density at radius 1 is 0.867 bits per heavy atom. The molecular formula is C25H30Cl2N2O. The highest BCUT2D eigenvalue weighted by Gasteiger charge is 2.38. The maximum atomic E-state index is 6.07. The molecule has 1 unspecified atom stereocenters. The molecule has 2 aromatic carbocycles. The predicted octanol–water partition coefficient (Wildman–Crippen LogP) is 5.35. The highest BCUT2D eigenvalue weighted by Crippen LogP contribution is 2.41. The number of aromatic nitrogens is 1. The summed E-state index contributed by atoms with van der Waals surface area (Å²) in [7, 11) is 0. The van der Waals surface area contributed by atoms with Gasteiger partial charge in [-0.2, -0.15) is 0 Å². The lowest BCUT2D eigenvalue weighted by Gasteiger charge is -2.40. The second-order valence-electron chi connectivity index (χ2n) is 7.52. The SMILES string of the molecule is Cl.Cl.c1ccc(C2(CCCNCCc3ccccn3)COCc3ccccc32)cc1. The van der Waals surface area contributed by atoms with Crippen molar-refractivity contribution < 1.29 is 4.74 Å². The zero-order valence-electron chi connectivity index (χ0n) is 17.1. The Labute approximate surface area is 192 Å². The molecule has 160 valence electrons. The zero-order valence-corrected chi connectivity index (χ0v) is 18.8. The lowest BCUT2D eigenvalue weighted by atomic mass is 9.69. The maximum Gasteiger partial charge on any atom is 0.0720 e. The van der Waals surface area contributed by atoms with Gasteiger partial charge in [0.15, 0.2) is 0 Å². The van der Waals surface area contributed by atoms with Crippen LogP contribution in [-0.4, -0.2) is 24.7 Å². The summed E-state index contributed by atoms with van der Waals surface area (Å²) in [5.74, 6) is 0. The Morgan fingerprint density at radius 2 is 1.63 bits per heavy atom. The molecule has 1 atom stereocenters. The molecule has 4 rings (SSSR count). The third kappa shape index (κ3) is 5.61. The normalized spacial score (nSPS) is 17.3. The van der Waals surface area contributed by atoms with Crippen LogP contribution in [0.4, 0.5) is 0 Å². The minimum atomic E-state index is -0.0568. The summed E-state index contributed by atoms with van der Waals surface area (Å²) in [6.45, 7) is 3.43. The molecule has 5 heteroatoms. The largest absolute Gasteiger partial charge is 0.375 e. The molecule has 2 heterocycles. The Kier molecular flexibility index (Phi) is 9.80. The van der Waals surface area contributed by atoms with Crippen LogP contribution < -0.4 is 5.32 Å². The van der Waals surface area contributed by atoms with Gasteiger partial charge in [-0.3, -0.25) is 4.98 Å². The van der Waals surface area contributed by atoms with E-state index in [4.69, 9.17) is 4.74 Å². The van der Waals surface area contributed by atoms with Crippen molar-refractivity contribution in [3.05, 3.63) is 101 Å². The Hall–Kier alpha value is -1.91. The first-order valence-electron chi connectivity index (χ1n) is 10.2. The van der Waals surface area contributed by atoms with E-state index < -0.39 is 0 Å². The van der Waals surface area contributed by atoms with Crippen molar-refractivity contribution in [1.29, 1.82) is 0 Å². The maximum absolute atomic E-state index is 6.07. The van der Waals surface area contributed by atoms with Gasteiger partial charge in [0.05, 0.1) is 13.2 Å². The van der Waals surface area contributed by atoms with Crippen LogP contribution in [0.25, 0.3) is 0 Å². The first kappa shape index (κ1) is 24.4. The van der Waals surface area contributed by atoms with Crippen LogP contribution in [0.2, 0.25) is 0 Å².